The molecule has 1 saturated heterocycles. The molecule has 138 valence electrons. The van der Waals surface area contributed by atoms with Gasteiger partial charge in [0.25, 0.3) is 5.91 Å². The monoisotopic (exact) mass is 359 g/mol. The van der Waals surface area contributed by atoms with Crippen molar-refractivity contribution >= 4 is 11.6 Å². The van der Waals surface area contributed by atoms with Crippen molar-refractivity contribution in [2.75, 3.05) is 32.6 Å². The van der Waals surface area contributed by atoms with Gasteiger partial charge in [0.05, 0.1) is 26.3 Å². The minimum atomic E-state index is -0.320. The molecule has 2 aromatic carbocycles. The summed E-state index contributed by atoms with van der Waals surface area (Å²) in [6.07, 6.45) is 2.06. The second-order valence-corrected chi connectivity index (χ2v) is 6.44. The van der Waals surface area contributed by atoms with E-state index in [9.17, 15) is 9.18 Å². The van der Waals surface area contributed by atoms with Crippen molar-refractivity contribution in [2.24, 2.45) is 0 Å². The van der Waals surface area contributed by atoms with Crippen LogP contribution in [0.3, 0.4) is 0 Å². The van der Waals surface area contributed by atoms with Gasteiger partial charge in [-0.3, -0.25) is 4.79 Å². The number of carbonyl (C=O) groups excluding carboxylic acids is 1. The Balaban J connectivity index is 1.70. The number of anilines is 1. The molecule has 3 rings (SSSR count). The molecule has 26 heavy (non-hydrogen) atoms. The Bertz CT molecular complexity index is 764. The highest BCUT2D eigenvalue weighted by Gasteiger charge is 2.33. The molecule has 1 heterocycles. The van der Waals surface area contributed by atoms with E-state index in [-0.39, 0.29) is 17.8 Å². The molecule has 0 saturated carbocycles. The normalized spacial score (nSPS) is 19.2. The molecule has 0 spiro atoms. The molecule has 0 bridgehead atoms. The largest absolute Gasteiger partial charge is 0.497 e. The van der Waals surface area contributed by atoms with Crippen molar-refractivity contribution in [1.29, 1.82) is 0 Å². The quantitative estimate of drug-likeness (QED) is 0.831. The summed E-state index contributed by atoms with van der Waals surface area (Å²) in [5.41, 5.74) is 1.70. The molecule has 2 aromatic rings. The number of amides is 1. The number of hydrogen-bond acceptors (Lipinski definition) is 3. The summed E-state index contributed by atoms with van der Waals surface area (Å²) in [5, 5.41) is 2.84. The third-order valence-corrected chi connectivity index (χ3v) is 4.82. The lowest BCUT2D eigenvalue weighted by Crippen LogP contribution is -3.11. The fourth-order valence-electron chi connectivity index (χ4n) is 3.55. The number of hydrogen-bond donors (Lipinski definition) is 2. The van der Waals surface area contributed by atoms with Crippen LogP contribution in [0, 0.1) is 5.82 Å². The van der Waals surface area contributed by atoms with Gasteiger partial charge in [-0.15, -0.1) is 0 Å². The van der Waals surface area contributed by atoms with E-state index >= 15 is 0 Å². The van der Waals surface area contributed by atoms with E-state index in [1.807, 2.05) is 18.2 Å². The predicted molar refractivity (Wildman–Crippen MR) is 97.2 cm³/mol. The van der Waals surface area contributed by atoms with Gasteiger partial charge in [0.15, 0.2) is 6.54 Å². The number of likely N-dealkylation sites (tertiary alicyclic amines) is 1. The van der Waals surface area contributed by atoms with Crippen LogP contribution < -0.4 is 19.7 Å². The van der Waals surface area contributed by atoms with Crippen molar-refractivity contribution in [1.82, 2.24) is 0 Å². The summed E-state index contributed by atoms with van der Waals surface area (Å²) in [6.45, 7) is 1.29. The highest BCUT2D eigenvalue weighted by Crippen LogP contribution is 2.31. The molecule has 2 atom stereocenters. The van der Waals surface area contributed by atoms with Crippen molar-refractivity contribution in [3.05, 3.63) is 53.8 Å². The Morgan fingerprint density at radius 2 is 1.96 bits per heavy atom. The van der Waals surface area contributed by atoms with Gasteiger partial charge >= 0.3 is 0 Å². The Labute approximate surface area is 152 Å². The number of halogens is 1. The second-order valence-electron chi connectivity index (χ2n) is 6.44. The Morgan fingerprint density at radius 1 is 1.19 bits per heavy atom. The van der Waals surface area contributed by atoms with Gasteiger partial charge in [0, 0.05) is 24.6 Å². The summed E-state index contributed by atoms with van der Waals surface area (Å²) >= 11 is 0. The fourth-order valence-corrected chi connectivity index (χ4v) is 3.55. The van der Waals surface area contributed by atoms with Gasteiger partial charge in [0.1, 0.15) is 23.4 Å². The smallest absolute Gasteiger partial charge is 0.279 e. The van der Waals surface area contributed by atoms with Crippen molar-refractivity contribution < 1.29 is 23.6 Å². The van der Waals surface area contributed by atoms with Gasteiger partial charge in [0.2, 0.25) is 0 Å². The maximum atomic E-state index is 13.0. The lowest BCUT2D eigenvalue weighted by atomic mass is 10.0. The van der Waals surface area contributed by atoms with Crippen molar-refractivity contribution in [3.63, 3.8) is 0 Å². The Kier molecular flexibility index (Phi) is 5.73. The van der Waals surface area contributed by atoms with Crippen LogP contribution in [0.15, 0.2) is 42.5 Å². The van der Waals surface area contributed by atoms with Gasteiger partial charge < -0.3 is 19.7 Å². The zero-order valence-electron chi connectivity index (χ0n) is 15.0. The number of methoxy groups -OCH3 is 2. The highest BCUT2D eigenvalue weighted by atomic mass is 19.1. The number of rotatable bonds is 6. The molecule has 1 unspecified atom stereocenters. The number of quaternary nitrogens is 1. The Hall–Kier alpha value is -2.60. The van der Waals surface area contributed by atoms with Gasteiger partial charge in [-0.05, 0) is 36.4 Å². The summed E-state index contributed by atoms with van der Waals surface area (Å²) in [5.74, 6) is 1.14. The molecule has 6 heteroatoms. The zero-order chi connectivity index (χ0) is 18.5. The van der Waals surface area contributed by atoms with E-state index in [1.165, 1.54) is 17.0 Å². The van der Waals surface area contributed by atoms with Crippen LogP contribution in [-0.4, -0.2) is 33.2 Å². The van der Waals surface area contributed by atoms with E-state index in [2.05, 4.69) is 5.32 Å². The van der Waals surface area contributed by atoms with Crippen LogP contribution in [0.25, 0.3) is 0 Å². The zero-order valence-corrected chi connectivity index (χ0v) is 15.0. The summed E-state index contributed by atoms with van der Waals surface area (Å²) in [7, 11) is 3.27. The molecule has 0 aromatic heterocycles. The SMILES string of the molecule is COc1ccc([C@@H]2CCC[NH+]2CC(=O)Nc2ccc(F)cc2)c(OC)c1. The molecule has 0 radical (unpaired) electrons. The van der Waals surface area contributed by atoms with E-state index in [1.54, 1.807) is 26.4 Å². The van der Waals surface area contributed by atoms with Crippen LogP contribution in [0.1, 0.15) is 24.4 Å². The van der Waals surface area contributed by atoms with Gasteiger partial charge in [-0.1, -0.05) is 0 Å². The van der Waals surface area contributed by atoms with E-state index in [4.69, 9.17) is 9.47 Å². The Morgan fingerprint density at radius 3 is 2.65 bits per heavy atom. The molecule has 0 aliphatic carbocycles. The lowest BCUT2D eigenvalue weighted by molar-refractivity contribution is -0.910. The van der Waals surface area contributed by atoms with Crippen LogP contribution in [0.2, 0.25) is 0 Å². The van der Waals surface area contributed by atoms with Crippen LogP contribution in [0.4, 0.5) is 10.1 Å². The van der Waals surface area contributed by atoms with E-state index in [0.717, 1.165) is 36.4 Å². The molecular weight excluding hydrogens is 335 g/mol. The number of ether oxygens (including phenoxy) is 2. The maximum absolute atomic E-state index is 13.0. The van der Waals surface area contributed by atoms with Crippen LogP contribution >= 0.6 is 0 Å². The molecule has 1 aliphatic heterocycles. The number of nitrogens with one attached hydrogen (secondary N) is 2. The third kappa shape index (κ3) is 4.14. The average Bonchev–Trinajstić information content (AvgIpc) is 3.10. The summed E-state index contributed by atoms with van der Waals surface area (Å²) in [4.78, 5) is 13.6. The van der Waals surface area contributed by atoms with Crippen molar-refractivity contribution in [2.45, 2.75) is 18.9 Å². The van der Waals surface area contributed by atoms with E-state index in [0.29, 0.717) is 12.2 Å². The van der Waals surface area contributed by atoms with Crippen LogP contribution in [0.5, 0.6) is 11.5 Å². The first-order chi connectivity index (χ1) is 12.6. The second kappa shape index (κ2) is 8.19. The standard InChI is InChI=1S/C20H23FN2O3/c1-25-16-9-10-17(19(12-16)26-2)18-4-3-11-23(18)13-20(24)22-15-7-5-14(21)6-8-15/h5-10,12,18H,3-4,11,13H2,1-2H3,(H,22,24)/p+1/t18-/m0/s1. The molecular formula is C20H24FN2O3+. The fraction of sp³-hybridized carbons (Fsp3) is 0.350. The minimum absolute atomic E-state index is 0.0778. The first-order valence-electron chi connectivity index (χ1n) is 8.72. The predicted octanol–water partition coefficient (Wildman–Crippen LogP) is 2.20. The topological polar surface area (TPSA) is 52.0 Å². The molecule has 5 nitrogen and oxygen atoms in total. The molecule has 1 fully saturated rings. The number of carbonyl (C=O) groups is 1. The lowest BCUT2D eigenvalue weighted by Gasteiger charge is -2.23. The average molecular weight is 359 g/mol. The number of benzene rings is 2. The van der Waals surface area contributed by atoms with Gasteiger partial charge in [-0.25, -0.2) is 4.39 Å². The maximum Gasteiger partial charge on any atom is 0.279 e. The minimum Gasteiger partial charge on any atom is -0.497 e. The summed E-state index contributed by atoms with van der Waals surface area (Å²) in [6, 6.07) is 11.8. The molecule has 1 aliphatic rings. The summed E-state index contributed by atoms with van der Waals surface area (Å²) < 4.78 is 23.8. The molecule has 2 N–H and O–H groups in total. The first kappa shape index (κ1) is 18.2. The van der Waals surface area contributed by atoms with E-state index < -0.39 is 0 Å². The third-order valence-electron chi connectivity index (χ3n) is 4.82. The first-order valence-corrected chi connectivity index (χ1v) is 8.72. The van der Waals surface area contributed by atoms with Crippen LogP contribution in [-0.2, 0) is 4.79 Å². The molecule has 1 amide bonds. The highest BCUT2D eigenvalue weighted by molar-refractivity contribution is 5.91. The van der Waals surface area contributed by atoms with Gasteiger partial charge in [-0.2, -0.15) is 0 Å². The van der Waals surface area contributed by atoms with Crippen molar-refractivity contribution in [3.8, 4) is 11.5 Å².